The zero-order valence-corrected chi connectivity index (χ0v) is 20.0. The third kappa shape index (κ3) is 4.23. The molecule has 31 heavy (non-hydrogen) atoms. The molecule has 1 unspecified atom stereocenters. The van der Waals surface area contributed by atoms with Gasteiger partial charge in [0.25, 0.3) is 0 Å². The largest absolute Gasteiger partial charge is 0.481 e. The summed E-state index contributed by atoms with van der Waals surface area (Å²) in [6.07, 6.45) is 8.69. The molecule has 3 rings (SSSR count). The quantitative estimate of drug-likeness (QED) is 0.428. The van der Waals surface area contributed by atoms with Gasteiger partial charge in [0.15, 0.2) is 11.6 Å². The number of allylic oxidation sites excluding steroid dienone is 6. The Hall–Kier alpha value is -1.97. The van der Waals surface area contributed by atoms with Crippen molar-refractivity contribution in [1.29, 1.82) is 0 Å². The lowest BCUT2D eigenvalue weighted by Gasteiger charge is -2.61. The molecule has 0 heterocycles. The molecule has 0 amide bonds. The van der Waals surface area contributed by atoms with E-state index in [1.807, 2.05) is 0 Å². The summed E-state index contributed by atoms with van der Waals surface area (Å²) in [5.41, 5.74) is 3.87. The Kier molecular flexibility index (Phi) is 6.51. The van der Waals surface area contributed by atoms with Crippen molar-refractivity contribution in [2.75, 3.05) is 0 Å². The van der Waals surface area contributed by atoms with Crippen molar-refractivity contribution in [2.24, 2.45) is 28.6 Å². The first-order valence-corrected chi connectivity index (χ1v) is 11.8. The highest BCUT2D eigenvalue weighted by atomic mass is 16.4. The Labute approximate surface area is 186 Å². The number of carbonyl (C=O) groups is 3. The molecule has 0 aromatic heterocycles. The van der Waals surface area contributed by atoms with E-state index in [0.717, 1.165) is 25.7 Å². The molecular weight excluding hydrogens is 388 g/mol. The molecule has 3 aliphatic carbocycles. The normalized spacial score (nSPS) is 35.9. The number of rotatable bonds is 5. The standard InChI is InChI=1S/C27H38O4/c1-16(2)21-7-9-23-26(5,22(21)8-10-24(29)30)12-11-18(4)27(23,6)15-19-14-20(28)13-17(3)25(19)31/h13-14,18,22-23H,7-12,15H2,1-6H3,(H,29,30)/t18-,22-,23+,26+,27?/m1/s1. The smallest absolute Gasteiger partial charge is 0.303 e. The number of hydrogen-bond acceptors (Lipinski definition) is 3. The average molecular weight is 427 g/mol. The summed E-state index contributed by atoms with van der Waals surface area (Å²) < 4.78 is 0. The molecule has 0 bridgehead atoms. The molecule has 0 aromatic rings. The number of hydrogen-bond donors (Lipinski definition) is 1. The Morgan fingerprint density at radius 1 is 1.16 bits per heavy atom. The van der Waals surface area contributed by atoms with Crippen LogP contribution in [0.1, 0.15) is 86.5 Å². The van der Waals surface area contributed by atoms with Crippen LogP contribution in [0, 0.1) is 28.6 Å². The monoisotopic (exact) mass is 426 g/mol. The van der Waals surface area contributed by atoms with Crippen molar-refractivity contribution in [3.8, 4) is 0 Å². The van der Waals surface area contributed by atoms with Crippen LogP contribution in [-0.4, -0.2) is 22.6 Å². The summed E-state index contributed by atoms with van der Waals surface area (Å²) in [4.78, 5) is 36.4. The van der Waals surface area contributed by atoms with Gasteiger partial charge in [-0.15, -0.1) is 0 Å². The van der Waals surface area contributed by atoms with Crippen molar-refractivity contribution in [3.63, 3.8) is 0 Å². The molecule has 3 aliphatic rings. The highest BCUT2D eigenvalue weighted by molar-refractivity contribution is 6.20. The molecule has 0 spiro atoms. The number of carboxylic acid groups (broad SMARTS) is 1. The second-order valence-electron chi connectivity index (χ2n) is 11.0. The first-order valence-electron chi connectivity index (χ1n) is 11.8. The minimum absolute atomic E-state index is 0.00326. The van der Waals surface area contributed by atoms with E-state index < -0.39 is 5.97 Å². The van der Waals surface area contributed by atoms with Gasteiger partial charge in [0, 0.05) is 17.6 Å². The number of Topliss-reactive ketones (excluding diaryl/α,β-unsaturated/α-hetero) is 1. The average Bonchev–Trinajstić information content (AvgIpc) is 2.67. The van der Waals surface area contributed by atoms with E-state index in [1.165, 1.54) is 17.2 Å². The second-order valence-corrected chi connectivity index (χ2v) is 11.0. The fourth-order valence-corrected chi connectivity index (χ4v) is 7.10. The van der Waals surface area contributed by atoms with Crippen LogP contribution in [0.4, 0.5) is 0 Å². The van der Waals surface area contributed by atoms with Crippen LogP contribution in [-0.2, 0) is 14.4 Å². The van der Waals surface area contributed by atoms with Crippen molar-refractivity contribution in [1.82, 2.24) is 0 Å². The molecule has 1 N–H and O–H groups in total. The number of aliphatic carboxylic acids is 1. The molecule has 170 valence electrons. The van der Waals surface area contributed by atoms with Gasteiger partial charge in [-0.2, -0.15) is 0 Å². The zero-order valence-electron chi connectivity index (χ0n) is 20.0. The van der Waals surface area contributed by atoms with E-state index in [4.69, 9.17) is 0 Å². The summed E-state index contributed by atoms with van der Waals surface area (Å²) in [6, 6.07) is 0. The van der Waals surface area contributed by atoms with Crippen LogP contribution in [0.5, 0.6) is 0 Å². The predicted octanol–water partition coefficient (Wildman–Crippen LogP) is 6.07. The van der Waals surface area contributed by atoms with E-state index in [0.29, 0.717) is 35.8 Å². The van der Waals surface area contributed by atoms with Gasteiger partial charge in [-0.1, -0.05) is 31.9 Å². The Morgan fingerprint density at radius 3 is 2.45 bits per heavy atom. The van der Waals surface area contributed by atoms with Crippen LogP contribution in [0.25, 0.3) is 0 Å². The van der Waals surface area contributed by atoms with Gasteiger partial charge in [-0.25, -0.2) is 0 Å². The molecule has 2 fully saturated rings. The van der Waals surface area contributed by atoms with Gasteiger partial charge in [-0.05, 0) is 100 Å². The lowest BCUT2D eigenvalue weighted by Crippen LogP contribution is -2.54. The maximum atomic E-state index is 12.9. The summed E-state index contributed by atoms with van der Waals surface area (Å²) in [5.74, 6) is 0.276. The molecule has 0 radical (unpaired) electrons. The number of fused-ring (bicyclic) bond motifs is 1. The van der Waals surface area contributed by atoms with Crippen LogP contribution in [0.2, 0.25) is 0 Å². The second kappa shape index (κ2) is 8.52. The number of ketones is 2. The van der Waals surface area contributed by atoms with E-state index in [1.54, 1.807) is 13.0 Å². The number of carbonyl (C=O) groups excluding carboxylic acids is 2. The Morgan fingerprint density at radius 2 is 1.84 bits per heavy atom. The molecule has 2 saturated carbocycles. The first-order chi connectivity index (χ1) is 14.4. The Bertz CT molecular complexity index is 885. The number of carboxylic acids is 1. The van der Waals surface area contributed by atoms with Crippen LogP contribution in [0.3, 0.4) is 0 Å². The van der Waals surface area contributed by atoms with Crippen LogP contribution in [0.15, 0.2) is 34.4 Å². The van der Waals surface area contributed by atoms with Crippen LogP contribution >= 0.6 is 0 Å². The van der Waals surface area contributed by atoms with Crippen LogP contribution < -0.4 is 0 Å². The highest BCUT2D eigenvalue weighted by Gasteiger charge is 2.57. The maximum absolute atomic E-state index is 12.9. The van der Waals surface area contributed by atoms with Gasteiger partial charge in [0.05, 0.1) is 0 Å². The summed E-state index contributed by atoms with van der Waals surface area (Å²) >= 11 is 0. The molecule has 4 heteroatoms. The van der Waals surface area contributed by atoms with Gasteiger partial charge < -0.3 is 5.11 Å². The fourth-order valence-electron chi connectivity index (χ4n) is 7.10. The van der Waals surface area contributed by atoms with Gasteiger partial charge in [0.2, 0.25) is 0 Å². The van der Waals surface area contributed by atoms with Crippen molar-refractivity contribution in [3.05, 3.63) is 34.4 Å². The SMILES string of the molecule is CC1=CC(=O)C=C(CC2(C)[C@H](C)CC[C@@]3(C)[C@H](CCC(=O)O)C(=C(C)C)CC[C@H]23)C1=O. The fraction of sp³-hybridized carbons (Fsp3) is 0.667. The molecule has 4 nitrogen and oxygen atoms in total. The first kappa shape index (κ1) is 23.7. The minimum atomic E-state index is -0.732. The van der Waals surface area contributed by atoms with E-state index in [2.05, 4.69) is 34.6 Å². The summed E-state index contributed by atoms with van der Waals surface area (Å²) in [7, 11) is 0. The topological polar surface area (TPSA) is 71.4 Å². The predicted molar refractivity (Wildman–Crippen MR) is 123 cm³/mol. The van der Waals surface area contributed by atoms with Crippen molar-refractivity contribution < 1.29 is 19.5 Å². The zero-order chi connectivity index (χ0) is 23.1. The molecule has 0 saturated heterocycles. The van der Waals surface area contributed by atoms with E-state index in [9.17, 15) is 19.5 Å². The van der Waals surface area contributed by atoms with E-state index in [-0.39, 0.29) is 34.7 Å². The molecule has 5 atom stereocenters. The molecule has 0 aliphatic heterocycles. The van der Waals surface area contributed by atoms with Gasteiger partial charge in [-0.3, -0.25) is 14.4 Å². The van der Waals surface area contributed by atoms with Crippen molar-refractivity contribution >= 4 is 17.5 Å². The summed E-state index contributed by atoms with van der Waals surface area (Å²) in [6.45, 7) is 13.0. The Balaban J connectivity index is 2.00. The molecular formula is C27H38O4. The lowest BCUT2D eigenvalue weighted by molar-refractivity contribution is -0.138. The minimum Gasteiger partial charge on any atom is -0.481 e. The third-order valence-electron chi connectivity index (χ3n) is 8.94. The highest BCUT2D eigenvalue weighted by Crippen LogP contribution is 2.65. The van der Waals surface area contributed by atoms with E-state index >= 15 is 0 Å². The van der Waals surface area contributed by atoms with Gasteiger partial charge in [0.1, 0.15) is 0 Å². The maximum Gasteiger partial charge on any atom is 0.303 e. The molecule has 0 aromatic carbocycles. The third-order valence-corrected chi connectivity index (χ3v) is 8.94. The van der Waals surface area contributed by atoms with Crippen molar-refractivity contribution in [2.45, 2.75) is 86.5 Å². The van der Waals surface area contributed by atoms with Gasteiger partial charge >= 0.3 is 5.97 Å². The lowest BCUT2D eigenvalue weighted by atomic mass is 9.43. The summed E-state index contributed by atoms with van der Waals surface area (Å²) in [5, 5.41) is 9.39.